The van der Waals surface area contributed by atoms with Crippen molar-refractivity contribution >= 4 is 5.97 Å². The number of carboxylic acid groups (broad SMARTS) is 1. The lowest BCUT2D eigenvalue weighted by Gasteiger charge is -2.64. The minimum absolute atomic E-state index is 0.0427. The molecule has 5 nitrogen and oxygen atoms in total. The molecule has 0 aliphatic heterocycles. The minimum atomic E-state index is -1.64. The van der Waals surface area contributed by atoms with Gasteiger partial charge in [-0.05, 0) is 50.4 Å². The molecule has 8 atom stereocenters. The van der Waals surface area contributed by atoms with E-state index in [2.05, 4.69) is 6.58 Å². The van der Waals surface area contributed by atoms with Crippen molar-refractivity contribution in [2.75, 3.05) is 0 Å². The maximum Gasteiger partial charge on any atom is 0.314 e. The van der Waals surface area contributed by atoms with E-state index < -0.39 is 34.6 Å². The van der Waals surface area contributed by atoms with E-state index in [1.54, 1.807) is 0 Å². The summed E-state index contributed by atoms with van der Waals surface area (Å²) in [4.78, 5) is 12.1. The van der Waals surface area contributed by atoms with E-state index in [4.69, 9.17) is 0 Å². The Morgan fingerprint density at radius 1 is 1.28 bits per heavy atom. The molecule has 25 heavy (non-hydrogen) atoms. The van der Waals surface area contributed by atoms with Crippen LogP contribution in [0.25, 0.3) is 0 Å². The second-order valence-corrected chi connectivity index (χ2v) is 8.68. The van der Waals surface area contributed by atoms with Crippen molar-refractivity contribution in [2.45, 2.75) is 64.3 Å². The largest absolute Gasteiger partial charge is 0.481 e. The summed E-state index contributed by atoms with van der Waals surface area (Å²) in [5.74, 6) is -0.882. The zero-order valence-corrected chi connectivity index (χ0v) is 15.3. The Morgan fingerprint density at radius 3 is 2.48 bits per heavy atom. The van der Waals surface area contributed by atoms with E-state index in [0.29, 0.717) is 25.7 Å². The van der Waals surface area contributed by atoms with Crippen molar-refractivity contribution in [2.24, 2.45) is 28.6 Å². The van der Waals surface area contributed by atoms with Crippen LogP contribution in [0, 0.1) is 28.6 Å². The fraction of sp³-hybridized carbons (Fsp3) is 0.750. The SMILES string of the molecule is C=C[C@H]1C(C)C(O)C=C2[C@H]1CC[C@@]1(O)[C@@](C)(C(=O)O)[C@H](O)CC[C@]21C. The molecule has 3 rings (SSSR count). The standard InChI is InChI=1S/C20H30O5/c1-5-12-11(2)15(21)10-14-13(12)6-9-20(25)18(14,3)8-7-16(22)19(20,4)17(23)24/h5,10-13,15-16,21-22,25H,1,6-9H2,2-4H3,(H,23,24)/t11?,12-,13-,15?,16+,18+,19+,20-/m0/s1. The molecule has 5 heteroatoms. The van der Waals surface area contributed by atoms with Crippen LogP contribution >= 0.6 is 0 Å². The molecular weight excluding hydrogens is 320 g/mol. The number of allylic oxidation sites excluding steroid dienone is 1. The van der Waals surface area contributed by atoms with Crippen LogP contribution in [-0.2, 0) is 4.79 Å². The fourth-order valence-corrected chi connectivity index (χ4v) is 5.95. The van der Waals surface area contributed by atoms with Gasteiger partial charge in [-0.3, -0.25) is 4.79 Å². The van der Waals surface area contributed by atoms with E-state index in [0.717, 1.165) is 5.57 Å². The van der Waals surface area contributed by atoms with Gasteiger partial charge in [-0.25, -0.2) is 0 Å². The van der Waals surface area contributed by atoms with Gasteiger partial charge in [0.05, 0.1) is 17.8 Å². The number of carbonyl (C=O) groups is 1. The number of carboxylic acids is 1. The highest BCUT2D eigenvalue weighted by atomic mass is 16.4. The highest BCUT2D eigenvalue weighted by molar-refractivity contribution is 5.77. The number of hydrogen-bond acceptors (Lipinski definition) is 4. The summed E-state index contributed by atoms with van der Waals surface area (Å²) >= 11 is 0. The van der Waals surface area contributed by atoms with E-state index in [-0.39, 0.29) is 17.8 Å². The molecule has 0 aromatic carbocycles. The van der Waals surface area contributed by atoms with E-state index in [9.17, 15) is 25.2 Å². The third-order valence-electron chi connectivity index (χ3n) is 7.89. The maximum atomic E-state index is 12.1. The monoisotopic (exact) mass is 350 g/mol. The molecule has 0 aromatic heterocycles. The minimum Gasteiger partial charge on any atom is -0.481 e. The highest BCUT2D eigenvalue weighted by Crippen LogP contribution is 2.65. The van der Waals surface area contributed by atoms with E-state index in [1.165, 1.54) is 6.92 Å². The Balaban J connectivity index is 2.17. The molecule has 3 aliphatic carbocycles. The summed E-state index contributed by atoms with van der Waals surface area (Å²) in [6, 6.07) is 0. The summed E-state index contributed by atoms with van der Waals surface area (Å²) in [7, 11) is 0. The number of aliphatic carboxylic acids is 1. The molecule has 0 bridgehead atoms. The molecule has 0 aromatic rings. The Hall–Kier alpha value is -1.17. The van der Waals surface area contributed by atoms with Crippen LogP contribution in [0.1, 0.15) is 46.5 Å². The number of aliphatic hydroxyl groups is 3. The molecule has 3 aliphatic rings. The third kappa shape index (κ3) is 2.09. The van der Waals surface area contributed by atoms with Gasteiger partial charge in [0.2, 0.25) is 0 Å². The van der Waals surface area contributed by atoms with Crippen molar-refractivity contribution in [3.05, 3.63) is 24.3 Å². The second-order valence-electron chi connectivity index (χ2n) is 8.68. The lowest BCUT2D eigenvalue weighted by atomic mass is 9.42. The van der Waals surface area contributed by atoms with Crippen LogP contribution in [0.5, 0.6) is 0 Å². The predicted molar refractivity (Wildman–Crippen MR) is 93.7 cm³/mol. The first-order chi connectivity index (χ1) is 11.5. The average Bonchev–Trinajstić information content (AvgIpc) is 2.56. The molecule has 140 valence electrons. The maximum absolute atomic E-state index is 12.1. The van der Waals surface area contributed by atoms with Crippen molar-refractivity contribution in [3.8, 4) is 0 Å². The van der Waals surface area contributed by atoms with Gasteiger partial charge in [0, 0.05) is 5.41 Å². The summed E-state index contributed by atoms with van der Waals surface area (Å²) in [6.45, 7) is 9.30. The highest BCUT2D eigenvalue weighted by Gasteiger charge is 2.70. The second kappa shape index (κ2) is 5.66. The van der Waals surface area contributed by atoms with Crippen LogP contribution in [-0.4, -0.2) is 44.2 Å². The summed E-state index contributed by atoms with van der Waals surface area (Å²) in [5.41, 5.74) is -3.04. The molecule has 0 heterocycles. The van der Waals surface area contributed by atoms with Gasteiger partial charge in [-0.2, -0.15) is 0 Å². The van der Waals surface area contributed by atoms with Crippen LogP contribution in [0.4, 0.5) is 0 Å². The zero-order valence-electron chi connectivity index (χ0n) is 15.3. The number of fused-ring (bicyclic) bond motifs is 3. The molecule has 0 amide bonds. The van der Waals surface area contributed by atoms with Gasteiger partial charge in [0.15, 0.2) is 0 Å². The lowest BCUT2D eigenvalue weighted by molar-refractivity contribution is -0.241. The molecule has 2 unspecified atom stereocenters. The summed E-state index contributed by atoms with van der Waals surface area (Å²) in [6.07, 6.45) is 3.74. The van der Waals surface area contributed by atoms with Crippen molar-refractivity contribution in [3.63, 3.8) is 0 Å². The molecule has 0 radical (unpaired) electrons. The van der Waals surface area contributed by atoms with E-state index >= 15 is 0 Å². The van der Waals surface area contributed by atoms with Gasteiger partial charge < -0.3 is 20.4 Å². The van der Waals surface area contributed by atoms with Crippen LogP contribution in [0.15, 0.2) is 24.3 Å². The first-order valence-electron chi connectivity index (χ1n) is 9.21. The average molecular weight is 350 g/mol. The van der Waals surface area contributed by atoms with Gasteiger partial charge in [-0.15, -0.1) is 6.58 Å². The van der Waals surface area contributed by atoms with Crippen LogP contribution in [0.2, 0.25) is 0 Å². The Morgan fingerprint density at radius 2 is 1.92 bits per heavy atom. The topological polar surface area (TPSA) is 98.0 Å². The molecule has 0 saturated heterocycles. The smallest absolute Gasteiger partial charge is 0.314 e. The first kappa shape index (κ1) is 18.6. The van der Waals surface area contributed by atoms with Crippen LogP contribution in [0.3, 0.4) is 0 Å². The first-order valence-corrected chi connectivity index (χ1v) is 9.21. The Kier molecular flexibility index (Phi) is 4.22. The van der Waals surface area contributed by atoms with E-state index in [1.807, 2.05) is 26.0 Å². The molecule has 2 saturated carbocycles. The Labute approximate surface area is 149 Å². The number of aliphatic hydroxyl groups excluding tert-OH is 2. The number of rotatable bonds is 2. The normalized spacial score (nSPS) is 52.6. The quantitative estimate of drug-likeness (QED) is 0.572. The molecule has 4 N–H and O–H groups in total. The van der Waals surface area contributed by atoms with Crippen molar-refractivity contribution in [1.29, 1.82) is 0 Å². The number of hydrogen-bond donors (Lipinski definition) is 4. The summed E-state index contributed by atoms with van der Waals surface area (Å²) in [5, 5.41) is 42.5. The van der Waals surface area contributed by atoms with Gasteiger partial charge in [0.25, 0.3) is 0 Å². The Bertz CT molecular complexity index is 628. The molecular formula is C20H30O5. The fourth-order valence-electron chi connectivity index (χ4n) is 5.95. The zero-order chi connectivity index (χ0) is 18.8. The van der Waals surface area contributed by atoms with Gasteiger partial charge in [-0.1, -0.05) is 31.6 Å². The lowest BCUT2D eigenvalue weighted by Crippen LogP contribution is -2.71. The van der Waals surface area contributed by atoms with Gasteiger partial charge >= 0.3 is 5.97 Å². The third-order valence-corrected chi connectivity index (χ3v) is 7.89. The van der Waals surface area contributed by atoms with Crippen molar-refractivity contribution < 1.29 is 25.2 Å². The van der Waals surface area contributed by atoms with Gasteiger partial charge in [0.1, 0.15) is 5.41 Å². The predicted octanol–water partition coefficient (Wildman–Crippen LogP) is 2.12. The van der Waals surface area contributed by atoms with Crippen molar-refractivity contribution in [1.82, 2.24) is 0 Å². The summed E-state index contributed by atoms with van der Waals surface area (Å²) < 4.78 is 0. The molecule has 0 spiro atoms. The molecule has 2 fully saturated rings. The van der Waals surface area contributed by atoms with Crippen LogP contribution < -0.4 is 0 Å².